The molecule has 0 spiro atoms. The van der Waals surface area contributed by atoms with Crippen molar-refractivity contribution in [3.63, 3.8) is 0 Å². The summed E-state index contributed by atoms with van der Waals surface area (Å²) in [7, 11) is 1.32. The van der Waals surface area contributed by atoms with Crippen LogP contribution in [0.5, 0.6) is 0 Å². The number of nitrogens with zero attached hydrogens (tertiary/aromatic N) is 1. The van der Waals surface area contributed by atoms with Gasteiger partial charge in [-0.25, -0.2) is 4.79 Å². The van der Waals surface area contributed by atoms with E-state index in [1.165, 1.54) is 7.11 Å². The van der Waals surface area contributed by atoms with Crippen LogP contribution in [0.15, 0.2) is 16.7 Å². The second kappa shape index (κ2) is 7.47. The van der Waals surface area contributed by atoms with E-state index in [1.54, 1.807) is 0 Å². The molecule has 6 nitrogen and oxygen atoms in total. The van der Waals surface area contributed by atoms with Crippen LogP contribution in [0.4, 0.5) is 0 Å². The minimum atomic E-state index is -0.648. The Labute approximate surface area is 141 Å². The largest absolute Gasteiger partial charge is 0.467 e. The van der Waals surface area contributed by atoms with Crippen molar-refractivity contribution in [2.75, 3.05) is 7.11 Å². The van der Waals surface area contributed by atoms with Gasteiger partial charge in [0.15, 0.2) is 5.58 Å². The molecule has 24 heavy (non-hydrogen) atoms. The molecule has 1 amide bonds. The van der Waals surface area contributed by atoms with Crippen molar-refractivity contribution in [3.05, 3.63) is 29.0 Å². The number of methoxy groups -OCH3 is 1. The molecule has 0 fully saturated rings. The predicted octanol–water partition coefficient (Wildman–Crippen LogP) is 2.69. The number of esters is 1. The molecule has 1 heterocycles. The first kappa shape index (κ1) is 18.0. The molecule has 1 aromatic carbocycles. The first-order valence-electron chi connectivity index (χ1n) is 8.04. The molecule has 0 aliphatic heterocycles. The first-order valence-corrected chi connectivity index (χ1v) is 8.04. The topological polar surface area (TPSA) is 81.4 Å². The van der Waals surface area contributed by atoms with Gasteiger partial charge < -0.3 is 14.6 Å². The normalized spacial score (nSPS) is 12.4. The third-order valence-corrected chi connectivity index (χ3v) is 4.02. The van der Waals surface area contributed by atoms with Gasteiger partial charge in [-0.1, -0.05) is 19.0 Å². The highest BCUT2D eigenvalue weighted by Gasteiger charge is 2.23. The van der Waals surface area contributed by atoms with E-state index in [0.29, 0.717) is 17.7 Å². The van der Waals surface area contributed by atoms with Gasteiger partial charge in [-0.2, -0.15) is 0 Å². The van der Waals surface area contributed by atoms with Gasteiger partial charge in [0, 0.05) is 5.39 Å². The lowest BCUT2D eigenvalue weighted by Crippen LogP contribution is -2.43. The van der Waals surface area contributed by atoms with E-state index in [-0.39, 0.29) is 18.2 Å². The summed E-state index contributed by atoms with van der Waals surface area (Å²) in [5.41, 5.74) is 3.45. The maximum Gasteiger partial charge on any atom is 0.328 e. The van der Waals surface area contributed by atoms with E-state index in [9.17, 15) is 9.59 Å². The predicted molar refractivity (Wildman–Crippen MR) is 90.6 cm³/mol. The fourth-order valence-corrected chi connectivity index (χ4v) is 2.60. The number of rotatable bonds is 6. The molecule has 0 saturated heterocycles. The molecule has 1 N–H and O–H groups in total. The number of nitrogens with one attached hydrogen (secondary N) is 1. The van der Waals surface area contributed by atoms with Crippen molar-refractivity contribution in [1.82, 2.24) is 10.5 Å². The minimum absolute atomic E-state index is 0.0566. The molecule has 0 bridgehead atoms. The Kier molecular flexibility index (Phi) is 5.59. The molecule has 1 atom stereocenters. The minimum Gasteiger partial charge on any atom is -0.467 e. The molecule has 2 aromatic rings. The highest BCUT2D eigenvalue weighted by molar-refractivity contribution is 5.89. The van der Waals surface area contributed by atoms with Crippen molar-refractivity contribution in [2.45, 2.75) is 46.6 Å². The van der Waals surface area contributed by atoms with E-state index in [1.807, 2.05) is 39.8 Å². The standard InChI is InChI=1S/C18H24N2O4/c1-10(2)6-15(18(22)23-5)19-17(21)9-14-13-7-11(3)12(4)8-16(13)24-20-14/h7-8,10,15H,6,9H2,1-5H3,(H,19,21). The van der Waals surface area contributed by atoms with Crippen LogP contribution in [-0.4, -0.2) is 30.2 Å². The van der Waals surface area contributed by atoms with Crippen LogP contribution in [0.1, 0.15) is 37.1 Å². The van der Waals surface area contributed by atoms with Gasteiger partial charge in [0.2, 0.25) is 5.91 Å². The number of benzene rings is 1. The van der Waals surface area contributed by atoms with Crippen LogP contribution in [0, 0.1) is 19.8 Å². The molecule has 1 unspecified atom stereocenters. The van der Waals surface area contributed by atoms with Gasteiger partial charge in [-0.05, 0) is 49.4 Å². The van der Waals surface area contributed by atoms with Gasteiger partial charge in [0.05, 0.1) is 13.5 Å². The van der Waals surface area contributed by atoms with Gasteiger partial charge in [0.1, 0.15) is 11.7 Å². The van der Waals surface area contributed by atoms with E-state index < -0.39 is 12.0 Å². The molecule has 0 saturated carbocycles. The first-order chi connectivity index (χ1) is 11.3. The summed E-state index contributed by atoms with van der Waals surface area (Å²) >= 11 is 0. The van der Waals surface area contributed by atoms with E-state index in [2.05, 4.69) is 10.5 Å². The van der Waals surface area contributed by atoms with Crippen LogP contribution in [0.3, 0.4) is 0 Å². The van der Waals surface area contributed by atoms with Crippen molar-refractivity contribution in [1.29, 1.82) is 0 Å². The van der Waals surface area contributed by atoms with Crippen molar-refractivity contribution < 1.29 is 18.8 Å². The Hall–Kier alpha value is -2.37. The summed E-state index contributed by atoms with van der Waals surface area (Å²) < 4.78 is 10.1. The molecule has 1 aromatic heterocycles. The quantitative estimate of drug-likeness (QED) is 0.823. The van der Waals surface area contributed by atoms with Crippen LogP contribution < -0.4 is 5.32 Å². The zero-order valence-electron chi connectivity index (χ0n) is 14.8. The fourth-order valence-electron chi connectivity index (χ4n) is 2.60. The number of aryl methyl sites for hydroxylation is 2. The van der Waals surface area contributed by atoms with Gasteiger partial charge in [-0.15, -0.1) is 0 Å². The smallest absolute Gasteiger partial charge is 0.328 e. The second-order valence-electron chi connectivity index (χ2n) is 6.51. The zero-order valence-corrected chi connectivity index (χ0v) is 14.8. The number of hydrogen-bond acceptors (Lipinski definition) is 5. The van der Waals surface area contributed by atoms with Crippen LogP contribution in [-0.2, 0) is 20.7 Å². The highest BCUT2D eigenvalue weighted by atomic mass is 16.5. The van der Waals surface area contributed by atoms with Crippen LogP contribution >= 0.6 is 0 Å². The van der Waals surface area contributed by atoms with Crippen molar-refractivity contribution in [3.8, 4) is 0 Å². The summed E-state index contributed by atoms with van der Waals surface area (Å²) in [5.74, 6) is -0.457. The monoisotopic (exact) mass is 332 g/mol. The number of aromatic nitrogens is 1. The van der Waals surface area contributed by atoms with E-state index in [4.69, 9.17) is 9.26 Å². The molecule has 2 rings (SSSR count). The number of carbonyl (C=O) groups is 2. The second-order valence-corrected chi connectivity index (χ2v) is 6.51. The third kappa shape index (κ3) is 4.13. The average Bonchev–Trinajstić information content (AvgIpc) is 2.87. The highest BCUT2D eigenvalue weighted by Crippen LogP contribution is 2.23. The summed E-state index contributed by atoms with van der Waals surface area (Å²) in [4.78, 5) is 24.1. The Morgan fingerprint density at radius 3 is 2.54 bits per heavy atom. The number of fused-ring (bicyclic) bond motifs is 1. The molecule has 0 aliphatic carbocycles. The molecule has 0 radical (unpaired) electrons. The van der Waals surface area contributed by atoms with Crippen molar-refractivity contribution >= 4 is 22.8 Å². The Morgan fingerprint density at radius 2 is 1.92 bits per heavy atom. The number of ether oxygens (including phenoxy) is 1. The lowest BCUT2D eigenvalue weighted by atomic mass is 10.0. The van der Waals surface area contributed by atoms with E-state index >= 15 is 0 Å². The van der Waals surface area contributed by atoms with Gasteiger partial charge in [0.25, 0.3) is 0 Å². The Morgan fingerprint density at radius 1 is 1.25 bits per heavy atom. The summed E-state index contributed by atoms with van der Waals surface area (Å²) in [6.07, 6.45) is 0.581. The molecule has 0 aliphatic rings. The number of carbonyl (C=O) groups excluding carboxylic acids is 2. The summed E-state index contributed by atoms with van der Waals surface area (Å²) in [6, 6.07) is 3.23. The lowest BCUT2D eigenvalue weighted by Gasteiger charge is -2.18. The fraction of sp³-hybridized carbons (Fsp3) is 0.500. The zero-order chi connectivity index (χ0) is 17.9. The summed E-state index contributed by atoms with van der Waals surface area (Å²) in [6.45, 7) is 7.97. The van der Waals surface area contributed by atoms with Crippen molar-refractivity contribution in [2.24, 2.45) is 5.92 Å². The number of amides is 1. The SMILES string of the molecule is COC(=O)C(CC(C)C)NC(=O)Cc1noc2cc(C)c(C)cc12. The molecular formula is C18H24N2O4. The lowest BCUT2D eigenvalue weighted by molar-refractivity contribution is -0.145. The van der Waals surface area contributed by atoms with E-state index in [0.717, 1.165) is 16.5 Å². The van der Waals surface area contributed by atoms with Gasteiger partial charge in [-0.3, -0.25) is 4.79 Å². The Balaban J connectivity index is 2.14. The molecular weight excluding hydrogens is 308 g/mol. The maximum absolute atomic E-state index is 12.3. The number of hydrogen-bond donors (Lipinski definition) is 1. The van der Waals surface area contributed by atoms with Crippen LogP contribution in [0.2, 0.25) is 0 Å². The van der Waals surface area contributed by atoms with Gasteiger partial charge >= 0.3 is 5.97 Å². The Bertz CT molecular complexity index is 749. The third-order valence-electron chi connectivity index (χ3n) is 4.02. The maximum atomic E-state index is 12.3. The molecule has 130 valence electrons. The summed E-state index contributed by atoms with van der Waals surface area (Å²) in [5, 5.41) is 7.56. The average molecular weight is 332 g/mol. The van der Waals surface area contributed by atoms with Crippen LogP contribution in [0.25, 0.3) is 11.0 Å². The molecule has 6 heteroatoms.